The molecular weight excluding hydrogens is 544 g/mol. The zero-order valence-electron chi connectivity index (χ0n) is 22.7. The van der Waals surface area contributed by atoms with Gasteiger partial charge in [0.2, 0.25) is 0 Å². The molecule has 0 aliphatic carbocycles. The molecule has 0 saturated carbocycles. The molecule has 1 aliphatic rings. The minimum absolute atomic E-state index is 0.254. The van der Waals surface area contributed by atoms with Crippen molar-refractivity contribution < 1.29 is 14.3 Å². The zero-order chi connectivity index (χ0) is 28.4. The first-order chi connectivity index (χ1) is 19.2. The van der Waals surface area contributed by atoms with Crippen LogP contribution in [0.4, 0.5) is 0 Å². The van der Waals surface area contributed by atoms with Gasteiger partial charge in [-0.05, 0) is 68.7 Å². The van der Waals surface area contributed by atoms with Crippen molar-refractivity contribution in [1.82, 2.24) is 4.57 Å². The molecular formula is C32H29ClN2O4S. The van der Waals surface area contributed by atoms with Gasteiger partial charge in [0.05, 0.1) is 21.9 Å². The standard InChI is InChI=1S/C32H29ClN2O4S/c1-19(2)39-31(37)28-21(4)34-32-35(29(28)25-10-5-6-11-26(25)33)30(36)27(40-32)17-22-12-14-24(15-13-22)38-18-23-9-7-8-20(3)16-23/h5-17,19,29H,18H2,1-4H3. The Morgan fingerprint density at radius 3 is 2.52 bits per heavy atom. The number of nitrogens with zero attached hydrogens (tertiary/aromatic N) is 2. The second-order valence-electron chi connectivity index (χ2n) is 9.90. The molecule has 40 heavy (non-hydrogen) atoms. The summed E-state index contributed by atoms with van der Waals surface area (Å²) in [5, 5.41) is 0.452. The first-order valence-corrected chi connectivity index (χ1v) is 14.2. The number of allylic oxidation sites excluding steroid dienone is 1. The lowest BCUT2D eigenvalue weighted by Gasteiger charge is -2.26. The van der Waals surface area contributed by atoms with Gasteiger partial charge in [0.15, 0.2) is 4.80 Å². The minimum Gasteiger partial charge on any atom is -0.489 e. The summed E-state index contributed by atoms with van der Waals surface area (Å²) in [6.45, 7) is 7.85. The van der Waals surface area contributed by atoms with Crippen molar-refractivity contribution >= 4 is 35.0 Å². The van der Waals surface area contributed by atoms with Crippen molar-refractivity contribution in [3.05, 3.63) is 131 Å². The van der Waals surface area contributed by atoms with Crippen molar-refractivity contribution in [2.45, 2.75) is 46.4 Å². The average Bonchev–Trinajstić information content (AvgIpc) is 3.21. The Kier molecular flexibility index (Phi) is 8.05. The van der Waals surface area contributed by atoms with Gasteiger partial charge in [-0.25, -0.2) is 9.79 Å². The Bertz CT molecular complexity index is 1780. The molecule has 1 aliphatic heterocycles. The monoisotopic (exact) mass is 572 g/mol. The number of ether oxygens (including phenoxy) is 2. The quantitative estimate of drug-likeness (QED) is 0.265. The molecule has 8 heteroatoms. The summed E-state index contributed by atoms with van der Waals surface area (Å²) >= 11 is 7.86. The SMILES string of the molecule is CC1=C(C(=O)OC(C)C)C(c2ccccc2Cl)n2c(sc(=Cc3ccc(OCc4cccc(C)c4)cc3)c2=O)=N1. The third-order valence-corrected chi connectivity index (χ3v) is 7.78. The van der Waals surface area contributed by atoms with Crippen LogP contribution in [0.1, 0.15) is 49.1 Å². The number of rotatable bonds is 7. The lowest BCUT2D eigenvalue weighted by Crippen LogP contribution is -2.40. The number of fused-ring (bicyclic) bond motifs is 1. The predicted octanol–water partition coefficient (Wildman–Crippen LogP) is 5.73. The fourth-order valence-electron chi connectivity index (χ4n) is 4.63. The molecule has 1 atom stereocenters. The lowest BCUT2D eigenvalue weighted by molar-refractivity contribution is -0.143. The van der Waals surface area contributed by atoms with E-state index in [1.807, 2.05) is 60.7 Å². The van der Waals surface area contributed by atoms with E-state index in [0.29, 0.717) is 37.8 Å². The largest absolute Gasteiger partial charge is 0.489 e. The van der Waals surface area contributed by atoms with Gasteiger partial charge >= 0.3 is 5.97 Å². The van der Waals surface area contributed by atoms with Crippen LogP contribution in [0, 0.1) is 6.92 Å². The topological polar surface area (TPSA) is 69.9 Å². The van der Waals surface area contributed by atoms with Crippen LogP contribution in [0.3, 0.4) is 0 Å². The Morgan fingerprint density at radius 1 is 1.07 bits per heavy atom. The van der Waals surface area contributed by atoms with Crippen LogP contribution in [0.25, 0.3) is 6.08 Å². The molecule has 0 bridgehead atoms. The van der Waals surface area contributed by atoms with Crippen LogP contribution < -0.4 is 19.6 Å². The maximum atomic E-state index is 13.8. The van der Waals surface area contributed by atoms with Crippen LogP contribution in [-0.2, 0) is 16.1 Å². The van der Waals surface area contributed by atoms with E-state index in [2.05, 4.69) is 24.0 Å². The van der Waals surface area contributed by atoms with Gasteiger partial charge in [-0.2, -0.15) is 0 Å². The molecule has 0 N–H and O–H groups in total. The zero-order valence-corrected chi connectivity index (χ0v) is 24.3. The predicted molar refractivity (Wildman–Crippen MR) is 158 cm³/mol. The molecule has 6 nitrogen and oxygen atoms in total. The summed E-state index contributed by atoms with van der Waals surface area (Å²) in [6.07, 6.45) is 1.50. The first kappa shape index (κ1) is 27.6. The number of carbonyl (C=O) groups excluding carboxylic acids is 1. The summed E-state index contributed by atoms with van der Waals surface area (Å²) < 4.78 is 13.5. The molecule has 3 aromatic carbocycles. The van der Waals surface area contributed by atoms with E-state index in [9.17, 15) is 9.59 Å². The molecule has 4 aromatic rings. The number of esters is 1. The highest BCUT2D eigenvalue weighted by Crippen LogP contribution is 2.34. The number of hydrogen-bond donors (Lipinski definition) is 0. The summed E-state index contributed by atoms with van der Waals surface area (Å²) in [5.74, 6) is 0.222. The van der Waals surface area contributed by atoms with Gasteiger partial charge < -0.3 is 9.47 Å². The Balaban J connectivity index is 1.51. The smallest absolute Gasteiger partial charge is 0.338 e. The summed E-state index contributed by atoms with van der Waals surface area (Å²) in [4.78, 5) is 32.1. The first-order valence-electron chi connectivity index (χ1n) is 13.0. The van der Waals surface area contributed by atoms with Crippen molar-refractivity contribution in [2.75, 3.05) is 0 Å². The van der Waals surface area contributed by atoms with Crippen LogP contribution >= 0.6 is 22.9 Å². The number of aryl methyl sites for hydroxylation is 1. The minimum atomic E-state index is -0.754. The Labute approximate surface area is 241 Å². The van der Waals surface area contributed by atoms with Crippen molar-refractivity contribution in [2.24, 2.45) is 4.99 Å². The molecule has 0 fully saturated rings. The number of aromatic nitrogens is 1. The van der Waals surface area contributed by atoms with Gasteiger partial charge in [-0.1, -0.05) is 83.1 Å². The van der Waals surface area contributed by atoms with E-state index >= 15 is 0 Å². The highest BCUT2D eigenvalue weighted by Gasteiger charge is 2.34. The molecule has 1 unspecified atom stereocenters. The van der Waals surface area contributed by atoms with E-state index in [-0.39, 0.29) is 11.7 Å². The van der Waals surface area contributed by atoms with Crippen molar-refractivity contribution in [3.63, 3.8) is 0 Å². The second kappa shape index (κ2) is 11.7. The molecule has 0 amide bonds. The molecule has 2 heterocycles. The Hall–Kier alpha value is -3.94. The average molecular weight is 573 g/mol. The molecule has 0 radical (unpaired) electrons. The van der Waals surface area contributed by atoms with E-state index in [1.54, 1.807) is 31.4 Å². The molecule has 0 spiro atoms. The number of benzene rings is 3. The third-order valence-electron chi connectivity index (χ3n) is 6.45. The summed E-state index contributed by atoms with van der Waals surface area (Å²) in [5.41, 5.74) is 4.32. The summed E-state index contributed by atoms with van der Waals surface area (Å²) in [7, 11) is 0. The van der Waals surface area contributed by atoms with Crippen molar-refractivity contribution in [3.8, 4) is 5.75 Å². The molecule has 5 rings (SSSR count). The van der Waals surface area contributed by atoms with Crippen molar-refractivity contribution in [1.29, 1.82) is 0 Å². The fraction of sp³-hybridized carbons (Fsp3) is 0.219. The number of carbonyl (C=O) groups is 1. The number of thiazole rings is 1. The summed E-state index contributed by atoms with van der Waals surface area (Å²) in [6, 6.07) is 22.2. The highest BCUT2D eigenvalue weighted by molar-refractivity contribution is 7.07. The fourth-order valence-corrected chi connectivity index (χ4v) is 5.92. The van der Waals surface area contributed by atoms with Crippen LogP contribution in [-0.4, -0.2) is 16.6 Å². The maximum absolute atomic E-state index is 13.8. The van der Waals surface area contributed by atoms with Crippen LogP contribution in [0.2, 0.25) is 5.02 Å². The van der Waals surface area contributed by atoms with Gasteiger partial charge in [0, 0.05) is 5.02 Å². The lowest BCUT2D eigenvalue weighted by atomic mass is 9.96. The van der Waals surface area contributed by atoms with Gasteiger partial charge in [-0.15, -0.1) is 0 Å². The van der Waals surface area contributed by atoms with Gasteiger partial charge in [-0.3, -0.25) is 9.36 Å². The van der Waals surface area contributed by atoms with E-state index in [0.717, 1.165) is 16.9 Å². The van der Waals surface area contributed by atoms with E-state index in [1.165, 1.54) is 16.9 Å². The normalized spacial score (nSPS) is 15.2. The van der Waals surface area contributed by atoms with Crippen LogP contribution in [0.5, 0.6) is 5.75 Å². The second-order valence-corrected chi connectivity index (χ2v) is 11.3. The molecule has 1 aromatic heterocycles. The van der Waals surface area contributed by atoms with Gasteiger partial charge in [0.25, 0.3) is 5.56 Å². The highest BCUT2D eigenvalue weighted by atomic mass is 35.5. The Morgan fingerprint density at radius 2 is 1.82 bits per heavy atom. The molecule has 0 saturated heterocycles. The third kappa shape index (κ3) is 5.81. The number of hydrogen-bond acceptors (Lipinski definition) is 6. The number of halogens is 1. The maximum Gasteiger partial charge on any atom is 0.338 e. The van der Waals surface area contributed by atoms with Gasteiger partial charge in [0.1, 0.15) is 18.4 Å². The van der Waals surface area contributed by atoms with Crippen LogP contribution in [0.15, 0.2) is 93.9 Å². The molecule has 204 valence electrons. The van der Waals surface area contributed by atoms with E-state index in [4.69, 9.17) is 21.1 Å². The van der Waals surface area contributed by atoms with E-state index < -0.39 is 12.0 Å².